The highest BCUT2D eigenvalue weighted by Gasteiger charge is 2.26. The van der Waals surface area contributed by atoms with Crippen molar-refractivity contribution in [3.63, 3.8) is 0 Å². The highest BCUT2D eigenvalue weighted by Crippen LogP contribution is 2.38. The number of nitriles is 1. The number of hydrogen-bond donors (Lipinski definition) is 1. The molecule has 1 aliphatic rings. The fraction of sp³-hybridized carbons (Fsp3) is 0.385. The number of carbonyl (C=O) groups is 1. The molecule has 2 rings (SSSR count). The van der Waals surface area contributed by atoms with Crippen molar-refractivity contribution in [1.82, 2.24) is 5.01 Å². The summed E-state index contributed by atoms with van der Waals surface area (Å²) in [6.45, 7) is 2.00. The molecule has 4 heteroatoms. The topological polar surface area (TPSA) is 70.1 Å². The van der Waals surface area contributed by atoms with E-state index in [9.17, 15) is 4.79 Å². The smallest absolute Gasteiger partial charge is 0.266 e. The van der Waals surface area contributed by atoms with Crippen LogP contribution in [0, 0.1) is 18.4 Å². The molecule has 0 unspecified atom stereocenters. The van der Waals surface area contributed by atoms with E-state index in [1.807, 2.05) is 19.1 Å². The average Bonchev–Trinajstić information content (AvgIpc) is 2.25. The van der Waals surface area contributed by atoms with Crippen LogP contribution in [0.3, 0.4) is 0 Å². The van der Waals surface area contributed by atoms with Gasteiger partial charge in [-0.05, 0) is 37.3 Å². The molecule has 1 saturated carbocycles. The summed E-state index contributed by atoms with van der Waals surface area (Å²) in [6.07, 6.45) is 5.07. The summed E-state index contributed by atoms with van der Waals surface area (Å²) in [5.41, 5.74) is 2.72. The van der Waals surface area contributed by atoms with Gasteiger partial charge in [-0.2, -0.15) is 10.3 Å². The minimum atomic E-state index is -0.422. The number of benzene rings is 1. The maximum Gasteiger partial charge on any atom is 0.281 e. The second-order valence-electron chi connectivity index (χ2n) is 4.49. The minimum Gasteiger partial charge on any atom is -0.266 e. The molecule has 0 aliphatic heterocycles. The Morgan fingerprint density at radius 1 is 1.53 bits per heavy atom. The third-order valence-corrected chi connectivity index (χ3v) is 3.31. The molecule has 1 amide bonds. The van der Waals surface area contributed by atoms with Crippen molar-refractivity contribution in [2.24, 2.45) is 5.84 Å². The third kappa shape index (κ3) is 2.15. The van der Waals surface area contributed by atoms with E-state index in [4.69, 9.17) is 11.1 Å². The van der Waals surface area contributed by atoms with E-state index in [-0.39, 0.29) is 0 Å². The van der Waals surface area contributed by atoms with Crippen LogP contribution in [-0.4, -0.2) is 10.9 Å². The Morgan fingerprint density at radius 3 is 2.76 bits per heavy atom. The van der Waals surface area contributed by atoms with Crippen molar-refractivity contribution in [3.8, 4) is 6.19 Å². The maximum atomic E-state index is 11.9. The van der Waals surface area contributed by atoms with E-state index in [1.165, 1.54) is 6.42 Å². The number of nitrogens with zero attached hydrogens (tertiary/aromatic N) is 2. The van der Waals surface area contributed by atoms with Gasteiger partial charge in [-0.15, -0.1) is 0 Å². The number of carbonyl (C=O) groups excluding carboxylic acids is 1. The molecule has 0 bridgehead atoms. The lowest BCUT2D eigenvalue weighted by atomic mass is 9.77. The molecule has 0 atom stereocenters. The molecule has 17 heavy (non-hydrogen) atoms. The van der Waals surface area contributed by atoms with E-state index in [0.29, 0.717) is 16.5 Å². The molecule has 1 fully saturated rings. The first kappa shape index (κ1) is 11.6. The van der Waals surface area contributed by atoms with Crippen LogP contribution in [0.15, 0.2) is 18.2 Å². The molecule has 0 heterocycles. The molecule has 0 spiro atoms. The van der Waals surface area contributed by atoms with Crippen LogP contribution < -0.4 is 5.84 Å². The predicted molar refractivity (Wildman–Crippen MR) is 63.7 cm³/mol. The number of amides is 1. The second-order valence-corrected chi connectivity index (χ2v) is 4.49. The van der Waals surface area contributed by atoms with Crippen molar-refractivity contribution in [1.29, 1.82) is 5.26 Å². The largest absolute Gasteiger partial charge is 0.281 e. The Hall–Kier alpha value is -1.86. The molecule has 2 N–H and O–H groups in total. The van der Waals surface area contributed by atoms with Crippen LogP contribution in [0.5, 0.6) is 0 Å². The van der Waals surface area contributed by atoms with Crippen molar-refractivity contribution in [2.75, 3.05) is 0 Å². The average molecular weight is 229 g/mol. The van der Waals surface area contributed by atoms with Crippen molar-refractivity contribution in [3.05, 3.63) is 34.9 Å². The van der Waals surface area contributed by atoms with Gasteiger partial charge in [0.25, 0.3) is 5.91 Å². The van der Waals surface area contributed by atoms with Gasteiger partial charge in [-0.1, -0.05) is 24.1 Å². The standard InChI is InChI=1S/C13H15N3O/c1-9-5-6-11(13(17)16(15)8-14)12(7-9)10-3-2-4-10/h5-7,10H,2-4,15H2,1H3. The molecule has 0 aromatic heterocycles. The Balaban J connectivity index is 2.39. The summed E-state index contributed by atoms with van der Waals surface area (Å²) < 4.78 is 0. The van der Waals surface area contributed by atoms with E-state index >= 15 is 0 Å². The quantitative estimate of drug-likeness (QED) is 0.277. The van der Waals surface area contributed by atoms with Crippen LogP contribution in [-0.2, 0) is 0 Å². The zero-order valence-corrected chi connectivity index (χ0v) is 9.81. The minimum absolute atomic E-state index is 0.422. The van der Waals surface area contributed by atoms with Gasteiger partial charge >= 0.3 is 0 Å². The first-order chi connectivity index (χ1) is 8.13. The Bertz CT molecular complexity index is 486. The second kappa shape index (κ2) is 4.56. The first-order valence-electron chi connectivity index (χ1n) is 5.73. The van der Waals surface area contributed by atoms with Gasteiger partial charge < -0.3 is 0 Å². The van der Waals surface area contributed by atoms with Crippen LogP contribution in [0.1, 0.15) is 46.7 Å². The summed E-state index contributed by atoms with van der Waals surface area (Å²) in [5.74, 6) is 5.36. The number of hydrogen-bond acceptors (Lipinski definition) is 3. The predicted octanol–water partition coefficient (Wildman–Crippen LogP) is 2.06. The number of aryl methyl sites for hydroxylation is 1. The van der Waals surface area contributed by atoms with Crippen LogP contribution >= 0.6 is 0 Å². The van der Waals surface area contributed by atoms with Gasteiger partial charge in [0.2, 0.25) is 6.19 Å². The molecular weight excluding hydrogens is 214 g/mol. The maximum absolute atomic E-state index is 11.9. The fourth-order valence-electron chi connectivity index (χ4n) is 2.11. The molecule has 1 aromatic rings. The summed E-state index contributed by atoms with van der Waals surface area (Å²) in [7, 11) is 0. The third-order valence-electron chi connectivity index (χ3n) is 3.31. The van der Waals surface area contributed by atoms with Gasteiger partial charge in [-0.25, -0.2) is 5.84 Å². The van der Waals surface area contributed by atoms with Gasteiger partial charge in [0.05, 0.1) is 0 Å². The molecule has 0 saturated heterocycles. The summed E-state index contributed by atoms with van der Waals surface area (Å²) in [6, 6.07) is 5.67. The highest BCUT2D eigenvalue weighted by atomic mass is 16.2. The highest BCUT2D eigenvalue weighted by molar-refractivity contribution is 5.96. The summed E-state index contributed by atoms with van der Waals surface area (Å²) in [5, 5.41) is 9.24. The molecular formula is C13H15N3O. The molecule has 1 aliphatic carbocycles. The van der Waals surface area contributed by atoms with Crippen molar-refractivity contribution in [2.45, 2.75) is 32.1 Å². The first-order valence-corrected chi connectivity index (χ1v) is 5.73. The SMILES string of the molecule is Cc1ccc(C(=O)N(N)C#N)c(C2CCC2)c1. The Morgan fingerprint density at radius 2 is 2.24 bits per heavy atom. The van der Waals surface area contributed by atoms with Gasteiger partial charge in [0, 0.05) is 5.56 Å². The molecule has 0 radical (unpaired) electrons. The van der Waals surface area contributed by atoms with E-state index in [1.54, 1.807) is 12.3 Å². The normalized spacial score (nSPS) is 14.9. The zero-order valence-electron chi connectivity index (χ0n) is 9.81. The van der Waals surface area contributed by atoms with Gasteiger partial charge in [0.15, 0.2) is 0 Å². The van der Waals surface area contributed by atoms with Crippen LogP contribution in [0.4, 0.5) is 0 Å². The number of hydrazine groups is 1. The van der Waals surface area contributed by atoms with Gasteiger partial charge in [-0.3, -0.25) is 4.79 Å². The fourth-order valence-corrected chi connectivity index (χ4v) is 2.11. The van der Waals surface area contributed by atoms with Crippen molar-refractivity contribution >= 4 is 5.91 Å². The van der Waals surface area contributed by atoms with Crippen LogP contribution in [0.25, 0.3) is 0 Å². The van der Waals surface area contributed by atoms with Crippen LogP contribution in [0.2, 0.25) is 0 Å². The monoisotopic (exact) mass is 229 g/mol. The summed E-state index contributed by atoms with van der Waals surface area (Å²) in [4.78, 5) is 11.9. The van der Waals surface area contributed by atoms with Gasteiger partial charge in [0.1, 0.15) is 0 Å². The lowest BCUT2D eigenvalue weighted by Crippen LogP contribution is -2.33. The Labute approximate surface area is 101 Å². The summed E-state index contributed by atoms with van der Waals surface area (Å²) >= 11 is 0. The van der Waals surface area contributed by atoms with E-state index in [2.05, 4.69) is 0 Å². The zero-order chi connectivity index (χ0) is 12.4. The number of rotatable bonds is 2. The molecule has 1 aromatic carbocycles. The number of nitrogens with two attached hydrogens (primary N) is 1. The van der Waals surface area contributed by atoms with E-state index in [0.717, 1.165) is 24.0 Å². The molecule has 88 valence electrons. The molecule has 4 nitrogen and oxygen atoms in total. The lowest BCUT2D eigenvalue weighted by Gasteiger charge is -2.28. The lowest BCUT2D eigenvalue weighted by molar-refractivity contribution is 0.0830. The Kier molecular flexibility index (Phi) is 3.12. The van der Waals surface area contributed by atoms with Crippen molar-refractivity contribution < 1.29 is 4.79 Å². The van der Waals surface area contributed by atoms with E-state index < -0.39 is 5.91 Å².